The van der Waals surface area contributed by atoms with Gasteiger partial charge in [-0.15, -0.1) is 0 Å². The van der Waals surface area contributed by atoms with E-state index in [4.69, 9.17) is 9.47 Å². The molecule has 8 nitrogen and oxygen atoms in total. The third kappa shape index (κ3) is 5.02. The van der Waals surface area contributed by atoms with Crippen molar-refractivity contribution in [3.8, 4) is 5.75 Å². The molecular weight excluding hydrogens is 466 g/mol. The first-order valence-electron chi connectivity index (χ1n) is 11.5. The van der Waals surface area contributed by atoms with Crippen molar-refractivity contribution in [3.05, 3.63) is 90.0 Å². The standard InChI is InChI=1S/C26H27N3O5S/c30-25(28-14-16-33-17-15-28)19-34-22-12-10-21(11-13-22)26-27-23-8-4-5-9-24(23)35(31,32)29(26)18-20-6-2-1-3-7-20/h1-13,26-27H,14-19H2. The second-order valence-electron chi connectivity index (χ2n) is 8.43. The highest BCUT2D eigenvalue weighted by Gasteiger charge is 2.38. The first kappa shape index (κ1) is 23.3. The van der Waals surface area contributed by atoms with Crippen LogP contribution in [0.1, 0.15) is 17.3 Å². The molecule has 0 saturated carbocycles. The highest BCUT2D eigenvalue weighted by Crippen LogP contribution is 2.39. The van der Waals surface area contributed by atoms with E-state index in [0.717, 1.165) is 11.1 Å². The summed E-state index contributed by atoms with van der Waals surface area (Å²) in [6.07, 6.45) is -0.598. The lowest BCUT2D eigenvalue weighted by Crippen LogP contribution is -2.43. The number of carbonyl (C=O) groups is 1. The number of rotatable bonds is 6. The van der Waals surface area contributed by atoms with E-state index in [-0.39, 0.29) is 24.0 Å². The summed E-state index contributed by atoms with van der Waals surface area (Å²) >= 11 is 0. The second kappa shape index (κ2) is 10.1. The Kier molecular flexibility index (Phi) is 6.72. The van der Waals surface area contributed by atoms with Gasteiger partial charge in [0.25, 0.3) is 5.91 Å². The van der Waals surface area contributed by atoms with E-state index < -0.39 is 16.2 Å². The molecule has 182 valence electrons. The first-order valence-corrected chi connectivity index (χ1v) is 13.0. The molecule has 0 aliphatic carbocycles. The molecule has 0 spiro atoms. The summed E-state index contributed by atoms with van der Waals surface area (Å²) in [5.74, 6) is 0.465. The number of hydrogen-bond acceptors (Lipinski definition) is 6. The van der Waals surface area contributed by atoms with Crippen LogP contribution in [-0.4, -0.2) is 56.4 Å². The fourth-order valence-electron chi connectivity index (χ4n) is 4.28. The van der Waals surface area contributed by atoms with Gasteiger partial charge in [-0.3, -0.25) is 4.79 Å². The fourth-order valence-corrected chi connectivity index (χ4v) is 5.96. The monoisotopic (exact) mass is 493 g/mol. The average Bonchev–Trinajstić information content (AvgIpc) is 2.90. The lowest BCUT2D eigenvalue weighted by Gasteiger charge is -2.37. The van der Waals surface area contributed by atoms with E-state index in [1.807, 2.05) is 48.5 Å². The molecule has 1 unspecified atom stereocenters. The van der Waals surface area contributed by atoms with E-state index in [0.29, 0.717) is 37.7 Å². The van der Waals surface area contributed by atoms with Crippen LogP contribution in [0.3, 0.4) is 0 Å². The lowest BCUT2D eigenvalue weighted by molar-refractivity contribution is -0.137. The highest BCUT2D eigenvalue weighted by atomic mass is 32.2. The van der Waals surface area contributed by atoms with Crippen molar-refractivity contribution >= 4 is 21.6 Å². The summed E-state index contributed by atoms with van der Waals surface area (Å²) in [4.78, 5) is 14.3. The Hall–Kier alpha value is -3.40. The molecule has 5 rings (SSSR count). The van der Waals surface area contributed by atoms with Gasteiger partial charge < -0.3 is 19.7 Å². The number of sulfonamides is 1. The summed E-state index contributed by atoms with van der Waals surface area (Å²) < 4.78 is 39.6. The molecule has 35 heavy (non-hydrogen) atoms. The quantitative estimate of drug-likeness (QED) is 0.567. The van der Waals surface area contributed by atoms with Crippen LogP contribution < -0.4 is 10.1 Å². The highest BCUT2D eigenvalue weighted by molar-refractivity contribution is 7.89. The van der Waals surface area contributed by atoms with Crippen molar-refractivity contribution in [1.82, 2.24) is 9.21 Å². The maximum Gasteiger partial charge on any atom is 0.260 e. The predicted octanol–water partition coefficient (Wildman–Crippen LogP) is 3.24. The molecule has 0 bridgehead atoms. The van der Waals surface area contributed by atoms with E-state index in [9.17, 15) is 13.2 Å². The smallest absolute Gasteiger partial charge is 0.260 e. The van der Waals surface area contributed by atoms with Crippen molar-refractivity contribution in [2.45, 2.75) is 17.6 Å². The first-order chi connectivity index (χ1) is 17.0. The molecule has 0 radical (unpaired) electrons. The number of ether oxygens (including phenoxy) is 2. The largest absolute Gasteiger partial charge is 0.484 e. The van der Waals surface area contributed by atoms with Gasteiger partial charge in [0.05, 0.1) is 18.9 Å². The minimum absolute atomic E-state index is 0.0527. The molecular formula is C26H27N3O5S. The number of fused-ring (bicyclic) bond motifs is 1. The Morgan fingerprint density at radius 1 is 0.943 bits per heavy atom. The zero-order valence-electron chi connectivity index (χ0n) is 19.2. The van der Waals surface area contributed by atoms with Gasteiger partial charge in [-0.2, -0.15) is 4.31 Å². The van der Waals surface area contributed by atoms with Crippen LogP contribution in [0.2, 0.25) is 0 Å². The summed E-state index contributed by atoms with van der Waals surface area (Å²) in [5, 5.41) is 3.39. The number of amides is 1. The van der Waals surface area contributed by atoms with E-state index >= 15 is 0 Å². The van der Waals surface area contributed by atoms with Crippen molar-refractivity contribution in [1.29, 1.82) is 0 Å². The van der Waals surface area contributed by atoms with Crippen LogP contribution in [0.5, 0.6) is 5.75 Å². The van der Waals surface area contributed by atoms with Crippen LogP contribution in [0.15, 0.2) is 83.8 Å². The Labute approximate surface area is 205 Å². The molecule has 2 heterocycles. The van der Waals surface area contributed by atoms with Crippen LogP contribution >= 0.6 is 0 Å². The Balaban J connectivity index is 1.37. The summed E-state index contributed by atoms with van der Waals surface area (Å²) in [7, 11) is -3.74. The summed E-state index contributed by atoms with van der Waals surface area (Å²) in [6, 6.07) is 23.6. The number of anilines is 1. The average molecular weight is 494 g/mol. The SMILES string of the molecule is O=C(COc1ccc(C2Nc3ccccc3S(=O)(=O)N2Cc2ccccc2)cc1)N1CCOCC1. The van der Waals surface area contributed by atoms with Gasteiger partial charge in [-0.1, -0.05) is 54.6 Å². The van der Waals surface area contributed by atoms with Crippen molar-refractivity contribution in [3.63, 3.8) is 0 Å². The molecule has 2 aliphatic heterocycles. The molecule has 2 aliphatic rings. The second-order valence-corrected chi connectivity index (χ2v) is 10.3. The van der Waals surface area contributed by atoms with E-state index in [1.54, 1.807) is 35.2 Å². The zero-order valence-corrected chi connectivity index (χ0v) is 20.0. The number of nitrogens with one attached hydrogen (secondary N) is 1. The third-order valence-electron chi connectivity index (χ3n) is 6.16. The number of benzene rings is 3. The van der Waals surface area contributed by atoms with Gasteiger partial charge in [0.15, 0.2) is 6.61 Å². The van der Waals surface area contributed by atoms with Gasteiger partial charge in [0.1, 0.15) is 16.8 Å². The molecule has 1 saturated heterocycles. The number of morpholine rings is 1. The number of carbonyl (C=O) groups excluding carboxylic acids is 1. The number of hydrogen-bond donors (Lipinski definition) is 1. The molecule has 1 amide bonds. The molecule has 1 atom stereocenters. The zero-order chi connectivity index (χ0) is 24.3. The van der Waals surface area contributed by atoms with E-state index in [2.05, 4.69) is 5.32 Å². The molecule has 9 heteroatoms. The van der Waals surface area contributed by atoms with Crippen molar-refractivity contribution < 1.29 is 22.7 Å². The van der Waals surface area contributed by atoms with Gasteiger partial charge >= 0.3 is 0 Å². The Morgan fingerprint density at radius 2 is 1.63 bits per heavy atom. The minimum Gasteiger partial charge on any atom is -0.484 e. The summed E-state index contributed by atoms with van der Waals surface area (Å²) in [5.41, 5.74) is 2.23. The van der Waals surface area contributed by atoms with Gasteiger partial charge in [0, 0.05) is 19.6 Å². The molecule has 1 fully saturated rings. The van der Waals surface area contributed by atoms with Gasteiger partial charge in [-0.05, 0) is 35.4 Å². The van der Waals surface area contributed by atoms with Gasteiger partial charge in [0.2, 0.25) is 10.0 Å². The molecule has 3 aromatic rings. The maximum atomic E-state index is 13.6. The Bertz CT molecular complexity index is 1280. The predicted molar refractivity (Wildman–Crippen MR) is 131 cm³/mol. The molecule has 0 aromatic heterocycles. The van der Waals surface area contributed by atoms with Crippen molar-refractivity contribution in [2.24, 2.45) is 0 Å². The molecule has 3 aromatic carbocycles. The fraction of sp³-hybridized carbons (Fsp3) is 0.269. The van der Waals surface area contributed by atoms with Crippen LogP contribution in [0, 0.1) is 0 Å². The van der Waals surface area contributed by atoms with Crippen LogP contribution in [-0.2, 0) is 26.1 Å². The summed E-state index contributed by atoms with van der Waals surface area (Å²) in [6.45, 7) is 2.40. The number of nitrogens with zero attached hydrogens (tertiary/aromatic N) is 2. The lowest BCUT2D eigenvalue weighted by atomic mass is 10.1. The van der Waals surface area contributed by atoms with Gasteiger partial charge in [-0.25, -0.2) is 8.42 Å². The van der Waals surface area contributed by atoms with Crippen LogP contribution in [0.4, 0.5) is 5.69 Å². The third-order valence-corrected chi connectivity index (χ3v) is 8.03. The minimum atomic E-state index is -3.74. The Morgan fingerprint density at radius 3 is 2.37 bits per heavy atom. The van der Waals surface area contributed by atoms with Crippen molar-refractivity contribution in [2.75, 3.05) is 38.2 Å². The molecule has 1 N–H and O–H groups in total. The topological polar surface area (TPSA) is 88.2 Å². The van der Waals surface area contributed by atoms with Crippen LogP contribution in [0.25, 0.3) is 0 Å². The maximum absolute atomic E-state index is 13.6. The normalized spacial score (nSPS) is 19.4. The van der Waals surface area contributed by atoms with E-state index in [1.165, 1.54) is 4.31 Å². The number of para-hydroxylation sites is 1.